The Labute approximate surface area is 147 Å². The van der Waals surface area contributed by atoms with Gasteiger partial charge in [0, 0.05) is 11.8 Å². The van der Waals surface area contributed by atoms with Gasteiger partial charge in [-0.25, -0.2) is 9.37 Å². The molecule has 1 heterocycles. The van der Waals surface area contributed by atoms with Crippen molar-refractivity contribution in [3.05, 3.63) is 89.8 Å². The maximum atomic E-state index is 13.2. The molecule has 1 N–H and O–H groups in total. The summed E-state index contributed by atoms with van der Waals surface area (Å²) in [7, 11) is 1.68. The number of aryl methyl sites for hydroxylation is 1. The van der Waals surface area contributed by atoms with Crippen molar-refractivity contribution in [1.29, 1.82) is 0 Å². The highest BCUT2D eigenvalue weighted by molar-refractivity contribution is 5.77. The van der Waals surface area contributed by atoms with Crippen molar-refractivity contribution in [2.45, 2.75) is 19.3 Å². The number of benzene rings is 2. The lowest BCUT2D eigenvalue weighted by Gasteiger charge is -2.07. The van der Waals surface area contributed by atoms with Crippen molar-refractivity contribution < 1.29 is 9.13 Å². The number of allylic oxidation sites excluding steroid dienone is 1. The van der Waals surface area contributed by atoms with Gasteiger partial charge >= 0.3 is 0 Å². The summed E-state index contributed by atoms with van der Waals surface area (Å²) in [6.45, 7) is 0. The number of nitrogens with one attached hydrogen (secondary N) is 1. The topological polar surface area (TPSA) is 37.9 Å². The summed E-state index contributed by atoms with van der Waals surface area (Å²) in [5.74, 6) is 0.653. The minimum absolute atomic E-state index is 0.233. The minimum Gasteiger partial charge on any atom is -0.497 e. The standard InChI is InChI=1S/C21H21FN2O/c1-25-19-7-4-6-16(13-19)5-2-3-8-20(21-14-23-15-24-21)17-9-11-18(22)12-10-17/h4,6-15H,2-3,5H2,1H3,(H,23,24)/b20-8+. The Morgan fingerprint density at radius 1 is 1.20 bits per heavy atom. The maximum absolute atomic E-state index is 13.2. The number of rotatable bonds is 7. The van der Waals surface area contributed by atoms with E-state index in [2.05, 4.69) is 28.2 Å². The van der Waals surface area contributed by atoms with Crippen LogP contribution in [0, 0.1) is 5.82 Å². The molecule has 0 radical (unpaired) electrons. The highest BCUT2D eigenvalue weighted by Crippen LogP contribution is 2.23. The molecule has 3 aromatic rings. The summed E-state index contributed by atoms with van der Waals surface area (Å²) in [6, 6.07) is 14.7. The number of ether oxygens (including phenoxy) is 1. The van der Waals surface area contributed by atoms with E-state index in [0.29, 0.717) is 0 Å². The molecule has 3 rings (SSSR count). The van der Waals surface area contributed by atoms with Gasteiger partial charge in [-0.15, -0.1) is 0 Å². The monoisotopic (exact) mass is 336 g/mol. The highest BCUT2D eigenvalue weighted by Gasteiger charge is 2.07. The molecule has 1 aromatic heterocycles. The van der Waals surface area contributed by atoms with E-state index in [1.165, 1.54) is 17.7 Å². The molecule has 0 spiro atoms. The molecule has 25 heavy (non-hydrogen) atoms. The predicted octanol–water partition coefficient (Wildman–Crippen LogP) is 5.01. The van der Waals surface area contributed by atoms with Crippen molar-refractivity contribution in [3.63, 3.8) is 0 Å². The number of aromatic amines is 1. The fourth-order valence-electron chi connectivity index (χ4n) is 2.79. The van der Waals surface area contributed by atoms with E-state index in [1.54, 1.807) is 25.6 Å². The molecule has 0 fully saturated rings. The van der Waals surface area contributed by atoms with Gasteiger partial charge in [-0.05, 0) is 54.7 Å². The summed E-state index contributed by atoms with van der Waals surface area (Å²) >= 11 is 0. The van der Waals surface area contributed by atoms with Gasteiger partial charge in [0.1, 0.15) is 11.6 Å². The molecule has 0 bridgehead atoms. The average Bonchev–Trinajstić information content (AvgIpc) is 3.17. The van der Waals surface area contributed by atoms with Gasteiger partial charge < -0.3 is 9.72 Å². The second-order valence-corrected chi connectivity index (χ2v) is 5.82. The van der Waals surface area contributed by atoms with Crippen LogP contribution in [0.4, 0.5) is 4.39 Å². The van der Waals surface area contributed by atoms with E-state index in [1.807, 2.05) is 18.3 Å². The number of unbranched alkanes of at least 4 members (excludes halogenated alkanes) is 1. The van der Waals surface area contributed by atoms with Crippen LogP contribution in [-0.4, -0.2) is 17.1 Å². The van der Waals surface area contributed by atoms with Crippen LogP contribution < -0.4 is 4.74 Å². The van der Waals surface area contributed by atoms with E-state index in [-0.39, 0.29) is 5.82 Å². The fourth-order valence-corrected chi connectivity index (χ4v) is 2.79. The Balaban J connectivity index is 1.70. The molecule has 4 heteroatoms. The summed E-state index contributed by atoms with van der Waals surface area (Å²) in [5, 5.41) is 0. The second kappa shape index (κ2) is 8.29. The second-order valence-electron chi connectivity index (χ2n) is 5.82. The third-order valence-corrected chi connectivity index (χ3v) is 4.08. The smallest absolute Gasteiger partial charge is 0.123 e. The first-order valence-corrected chi connectivity index (χ1v) is 8.34. The van der Waals surface area contributed by atoms with Gasteiger partial charge in [0.05, 0.1) is 19.1 Å². The molecule has 0 aliphatic carbocycles. The highest BCUT2D eigenvalue weighted by atomic mass is 19.1. The third-order valence-electron chi connectivity index (χ3n) is 4.08. The molecule has 0 atom stereocenters. The van der Waals surface area contributed by atoms with Crippen LogP contribution in [0.15, 0.2) is 67.1 Å². The van der Waals surface area contributed by atoms with Gasteiger partial charge in [-0.2, -0.15) is 0 Å². The first-order chi connectivity index (χ1) is 12.3. The summed E-state index contributed by atoms with van der Waals surface area (Å²) in [5.41, 5.74) is 4.12. The number of imidazole rings is 1. The summed E-state index contributed by atoms with van der Waals surface area (Å²) in [4.78, 5) is 7.32. The average molecular weight is 336 g/mol. The van der Waals surface area contributed by atoms with E-state index >= 15 is 0 Å². The number of halogens is 1. The zero-order valence-electron chi connectivity index (χ0n) is 14.2. The van der Waals surface area contributed by atoms with Gasteiger partial charge in [0.2, 0.25) is 0 Å². The zero-order valence-corrected chi connectivity index (χ0v) is 14.2. The van der Waals surface area contributed by atoms with Crippen molar-refractivity contribution in [3.8, 4) is 5.75 Å². The van der Waals surface area contributed by atoms with Crippen LogP contribution >= 0.6 is 0 Å². The Bertz CT molecular complexity index is 823. The number of methoxy groups -OCH3 is 1. The number of H-pyrrole nitrogens is 1. The van der Waals surface area contributed by atoms with Crippen molar-refractivity contribution in [2.24, 2.45) is 0 Å². The maximum Gasteiger partial charge on any atom is 0.123 e. The lowest BCUT2D eigenvalue weighted by Crippen LogP contribution is -1.91. The lowest BCUT2D eigenvalue weighted by molar-refractivity contribution is 0.414. The molecule has 0 saturated carbocycles. The van der Waals surface area contributed by atoms with Gasteiger partial charge in [-0.3, -0.25) is 0 Å². The van der Waals surface area contributed by atoms with Gasteiger partial charge in [0.25, 0.3) is 0 Å². The lowest BCUT2D eigenvalue weighted by atomic mass is 10.00. The molecule has 128 valence electrons. The van der Waals surface area contributed by atoms with Crippen LogP contribution in [0.25, 0.3) is 5.57 Å². The van der Waals surface area contributed by atoms with Crippen molar-refractivity contribution in [1.82, 2.24) is 9.97 Å². The zero-order chi connectivity index (χ0) is 17.5. The normalized spacial score (nSPS) is 11.5. The molecule has 0 unspecified atom stereocenters. The molecule has 3 nitrogen and oxygen atoms in total. The number of hydrogen-bond donors (Lipinski definition) is 1. The van der Waals surface area contributed by atoms with Crippen LogP contribution in [0.3, 0.4) is 0 Å². The van der Waals surface area contributed by atoms with Gasteiger partial charge in [0.15, 0.2) is 0 Å². The Morgan fingerprint density at radius 3 is 2.76 bits per heavy atom. The number of hydrogen-bond acceptors (Lipinski definition) is 2. The summed E-state index contributed by atoms with van der Waals surface area (Å²) < 4.78 is 18.5. The van der Waals surface area contributed by atoms with Crippen LogP contribution in [0.2, 0.25) is 0 Å². The number of aromatic nitrogens is 2. The predicted molar refractivity (Wildman–Crippen MR) is 98.0 cm³/mol. The van der Waals surface area contributed by atoms with Crippen molar-refractivity contribution in [2.75, 3.05) is 7.11 Å². The molecule has 0 aliphatic rings. The molecule has 0 aliphatic heterocycles. The molecule has 2 aromatic carbocycles. The van der Waals surface area contributed by atoms with Crippen molar-refractivity contribution >= 4 is 5.57 Å². The Morgan fingerprint density at radius 2 is 2.04 bits per heavy atom. The third kappa shape index (κ3) is 4.57. The Hall–Kier alpha value is -2.88. The van der Waals surface area contributed by atoms with Crippen LogP contribution in [0.5, 0.6) is 5.75 Å². The molecular weight excluding hydrogens is 315 g/mol. The molecule has 0 saturated heterocycles. The summed E-state index contributed by atoms with van der Waals surface area (Å²) in [6.07, 6.45) is 8.59. The SMILES string of the molecule is COc1cccc(CCC/C=C(\c2ccc(F)cc2)c2c[nH]cn2)c1. The first kappa shape index (κ1) is 17.0. The quantitative estimate of drug-likeness (QED) is 0.616. The van der Waals surface area contributed by atoms with E-state index in [0.717, 1.165) is 41.8 Å². The van der Waals surface area contributed by atoms with E-state index < -0.39 is 0 Å². The van der Waals surface area contributed by atoms with Crippen LogP contribution in [-0.2, 0) is 6.42 Å². The van der Waals surface area contributed by atoms with E-state index in [9.17, 15) is 4.39 Å². The number of nitrogens with zero attached hydrogens (tertiary/aromatic N) is 1. The molecule has 0 amide bonds. The fraction of sp³-hybridized carbons (Fsp3) is 0.190. The van der Waals surface area contributed by atoms with Gasteiger partial charge in [-0.1, -0.05) is 30.3 Å². The first-order valence-electron chi connectivity index (χ1n) is 8.34. The minimum atomic E-state index is -0.233. The van der Waals surface area contributed by atoms with Crippen LogP contribution in [0.1, 0.15) is 29.7 Å². The Kier molecular flexibility index (Phi) is 5.62. The van der Waals surface area contributed by atoms with E-state index in [4.69, 9.17) is 4.74 Å². The molecular formula is C21H21FN2O. The largest absolute Gasteiger partial charge is 0.497 e.